The van der Waals surface area contributed by atoms with Gasteiger partial charge < -0.3 is 14.3 Å². The maximum absolute atomic E-state index is 5.62. The van der Waals surface area contributed by atoms with E-state index in [0.717, 1.165) is 12.4 Å². The summed E-state index contributed by atoms with van der Waals surface area (Å²) in [4.78, 5) is 5.38. The van der Waals surface area contributed by atoms with Crippen LogP contribution in [0.4, 0.5) is 0 Å². The van der Waals surface area contributed by atoms with Crippen molar-refractivity contribution in [3.05, 3.63) is 30.3 Å². The van der Waals surface area contributed by atoms with Crippen LogP contribution in [0.2, 0.25) is 0 Å². The molecule has 0 bridgehead atoms. The molecular formula is C24H43NO3. The van der Waals surface area contributed by atoms with Crippen LogP contribution in [0.25, 0.3) is 0 Å². The molecule has 0 amide bonds. The molecule has 1 N–H and O–H groups in total. The Balaban J connectivity index is 1.67. The molecule has 0 atom stereocenters. The number of hydrogen-bond acceptors (Lipinski definition) is 4. The molecule has 0 aliphatic rings. The fourth-order valence-electron chi connectivity index (χ4n) is 3.10. The van der Waals surface area contributed by atoms with Crippen molar-refractivity contribution < 1.29 is 14.3 Å². The van der Waals surface area contributed by atoms with Crippen molar-refractivity contribution in [3.63, 3.8) is 0 Å². The minimum Gasteiger partial charge on any atom is -0.409 e. The van der Waals surface area contributed by atoms with Gasteiger partial charge in [-0.3, -0.25) is 0 Å². The monoisotopic (exact) mass is 393 g/mol. The predicted octanol–water partition coefficient (Wildman–Crippen LogP) is 6.30. The van der Waals surface area contributed by atoms with Crippen LogP contribution in [0.5, 0.6) is 5.75 Å². The molecule has 0 spiro atoms. The standard InChI is InChI=1S/C24H43NO3/c1-2-3-4-5-6-7-8-9-10-11-12-16-20-26-22-23-27-21-19-25-28-24-17-14-13-15-18-24/h13-15,17-18,25H,2-12,16,19-23H2,1H3. The summed E-state index contributed by atoms with van der Waals surface area (Å²) in [6.45, 7) is 5.74. The average molecular weight is 394 g/mol. The second kappa shape index (κ2) is 20.6. The zero-order valence-electron chi connectivity index (χ0n) is 18.1. The summed E-state index contributed by atoms with van der Waals surface area (Å²) in [5, 5.41) is 0. The molecule has 0 aromatic heterocycles. The van der Waals surface area contributed by atoms with Gasteiger partial charge >= 0.3 is 0 Å². The van der Waals surface area contributed by atoms with E-state index < -0.39 is 0 Å². The van der Waals surface area contributed by atoms with Gasteiger partial charge in [-0.2, -0.15) is 5.48 Å². The molecule has 1 aromatic carbocycles. The second-order valence-electron chi connectivity index (χ2n) is 7.42. The third-order valence-corrected chi connectivity index (χ3v) is 4.80. The summed E-state index contributed by atoms with van der Waals surface area (Å²) >= 11 is 0. The normalized spacial score (nSPS) is 11.0. The summed E-state index contributed by atoms with van der Waals surface area (Å²) in [7, 11) is 0. The topological polar surface area (TPSA) is 39.7 Å². The molecule has 0 aliphatic carbocycles. The summed E-state index contributed by atoms with van der Waals surface area (Å²) in [5.74, 6) is 0.813. The van der Waals surface area contributed by atoms with E-state index in [0.29, 0.717) is 26.4 Å². The van der Waals surface area contributed by atoms with Crippen molar-refractivity contribution in [2.45, 2.75) is 84.0 Å². The summed E-state index contributed by atoms with van der Waals surface area (Å²) < 4.78 is 11.1. The quantitative estimate of drug-likeness (QED) is 0.196. The highest BCUT2D eigenvalue weighted by atomic mass is 16.6. The Labute approximate surface area is 173 Å². The van der Waals surface area contributed by atoms with Gasteiger partial charge in [0.25, 0.3) is 0 Å². The van der Waals surface area contributed by atoms with Gasteiger partial charge in [-0.15, -0.1) is 0 Å². The number of ether oxygens (including phenoxy) is 2. The maximum Gasteiger partial charge on any atom is 0.147 e. The SMILES string of the molecule is CCCCCCCCCCCCCCOCCOCCNOc1ccccc1. The first kappa shape index (κ1) is 24.9. The van der Waals surface area contributed by atoms with Crippen molar-refractivity contribution >= 4 is 0 Å². The van der Waals surface area contributed by atoms with Crippen LogP contribution in [0.15, 0.2) is 30.3 Å². The number of rotatable bonds is 21. The highest BCUT2D eigenvalue weighted by molar-refractivity contribution is 5.20. The Morgan fingerprint density at radius 3 is 1.75 bits per heavy atom. The lowest BCUT2D eigenvalue weighted by Gasteiger charge is -2.08. The van der Waals surface area contributed by atoms with Crippen molar-refractivity contribution in [2.75, 3.05) is 33.0 Å². The van der Waals surface area contributed by atoms with Crippen LogP contribution < -0.4 is 10.3 Å². The smallest absolute Gasteiger partial charge is 0.147 e. The van der Waals surface area contributed by atoms with Gasteiger partial charge in [0.15, 0.2) is 0 Å². The van der Waals surface area contributed by atoms with Gasteiger partial charge in [-0.05, 0) is 18.6 Å². The Morgan fingerprint density at radius 1 is 0.607 bits per heavy atom. The van der Waals surface area contributed by atoms with E-state index in [-0.39, 0.29) is 0 Å². The fourth-order valence-corrected chi connectivity index (χ4v) is 3.10. The Hall–Kier alpha value is -1.10. The lowest BCUT2D eigenvalue weighted by atomic mass is 10.1. The molecular weight excluding hydrogens is 350 g/mol. The van der Waals surface area contributed by atoms with E-state index in [1.807, 2.05) is 30.3 Å². The number of hydrogen-bond donors (Lipinski definition) is 1. The third-order valence-electron chi connectivity index (χ3n) is 4.80. The van der Waals surface area contributed by atoms with E-state index in [9.17, 15) is 0 Å². The molecule has 0 aliphatic heterocycles. The minimum absolute atomic E-state index is 0.620. The first-order valence-electron chi connectivity index (χ1n) is 11.5. The average Bonchev–Trinajstić information content (AvgIpc) is 2.73. The first-order chi connectivity index (χ1) is 13.9. The molecule has 0 unspecified atom stereocenters. The van der Waals surface area contributed by atoms with E-state index in [1.54, 1.807) is 0 Å². The van der Waals surface area contributed by atoms with E-state index in [4.69, 9.17) is 14.3 Å². The summed E-state index contributed by atoms with van der Waals surface area (Å²) in [5.41, 5.74) is 2.89. The Morgan fingerprint density at radius 2 is 1.14 bits per heavy atom. The first-order valence-corrected chi connectivity index (χ1v) is 11.5. The van der Waals surface area contributed by atoms with Crippen molar-refractivity contribution in [1.29, 1.82) is 0 Å². The Bertz CT molecular complexity index is 414. The van der Waals surface area contributed by atoms with Gasteiger partial charge in [0, 0.05) is 6.61 Å². The summed E-state index contributed by atoms with van der Waals surface area (Å²) in [6, 6.07) is 9.69. The molecule has 4 heteroatoms. The van der Waals surface area contributed by atoms with Gasteiger partial charge in [-0.25, -0.2) is 0 Å². The van der Waals surface area contributed by atoms with E-state index in [1.165, 1.54) is 77.0 Å². The zero-order valence-corrected chi connectivity index (χ0v) is 18.1. The fraction of sp³-hybridized carbons (Fsp3) is 0.750. The molecule has 0 heterocycles. The van der Waals surface area contributed by atoms with Crippen molar-refractivity contribution in [3.8, 4) is 5.75 Å². The van der Waals surface area contributed by atoms with E-state index in [2.05, 4.69) is 12.4 Å². The van der Waals surface area contributed by atoms with Crippen LogP contribution in [0.3, 0.4) is 0 Å². The largest absolute Gasteiger partial charge is 0.409 e. The molecule has 1 rings (SSSR count). The second-order valence-corrected chi connectivity index (χ2v) is 7.42. The minimum atomic E-state index is 0.620. The van der Waals surface area contributed by atoms with Crippen molar-refractivity contribution in [1.82, 2.24) is 5.48 Å². The van der Waals surface area contributed by atoms with Gasteiger partial charge in [0.1, 0.15) is 5.75 Å². The van der Waals surface area contributed by atoms with Gasteiger partial charge in [-0.1, -0.05) is 95.8 Å². The van der Waals surface area contributed by atoms with Gasteiger partial charge in [0.05, 0.1) is 26.4 Å². The highest BCUT2D eigenvalue weighted by Crippen LogP contribution is 2.11. The zero-order chi connectivity index (χ0) is 20.0. The lowest BCUT2D eigenvalue weighted by molar-refractivity contribution is 0.0389. The predicted molar refractivity (Wildman–Crippen MR) is 118 cm³/mol. The molecule has 1 aromatic rings. The Kier molecular flexibility index (Phi) is 18.4. The highest BCUT2D eigenvalue weighted by Gasteiger charge is 1.95. The molecule has 28 heavy (non-hydrogen) atoms. The molecule has 0 radical (unpaired) electrons. The van der Waals surface area contributed by atoms with Gasteiger partial charge in [0.2, 0.25) is 0 Å². The van der Waals surface area contributed by atoms with Crippen LogP contribution >= 0.6 is 0 Å². The van der Waals surface area contributed by atoms with E-state index >= 15 is 0 Å². The number of unbranched alkanes of at least 4 members (excludes halogenated alkanes) is 11. The van der Waals surface area contributed by atoms with Crippen LogP contribution in [-0.4, -0.2) is 33.0 Å². The van der Waals surface area contributed by atoms with Crippen LogP contribution in [0.1, 0.15) is 84.0 Å². The third kappa shape index (κ3) is 17.0. The lowest BCUT2D eigenvalue weighted by Crippen LogP contribution is -2.24. The van der Waals surface area contributed by atoms with Crippen LogP contribution in [0, 0.1) is 0 Å². The van der Waals surface area contributed by atoms with Crippen LogP contribution in [-0.2, 0) is 9.47 Å². The number of para-hydroxylation sites is 1. The molecule has 0 fully saturated rings. The van der Waals surface area contributed by atoms with Crippen molar-refractivity contribution in [2.24, 2.45) is 0 Å². The molecule has 0 saturated heterocycles. The maximum atomic E-state index is 5.62. The molecule has 162 valence electrons. The number of nitrogens with one attached hydrogen (secondary N) is 1. The molecule has 4 nitrogen and oxygen atoms in total. The summed E-state index contributed by atoms with van der Waals surface area (Å²) in [6.07, 6.45) is 16.5. The number of benzene rings is 1. The molecule has 0 saturated carbocycles. The number of hydroxylamine groups is 1.